The first kappa shape index (κ1) is 8.49. The van der Waals surface area contributed by atoms with E-state index in [0.717, 1.165) is 0 Å². The van der Waals surface area contributed by atoms with Crippen molar-refractivity contribution in [3.8, 4) is 0 Å². The maximum Gasteiger partial charge on any atom is 0.338 e. The molecular formula is C7H12O4. The highest BCUT2D eigenvalue weighted by molar-refractivity contribution is 5.79. The molecule has 0 aromatic rings. The van der Waals surface area contributed by atoms with Crippen LogP contribution in [0.5, 0.6) is 0 Å². The van der Waals surface area contributed by atoms with Crippen LogP contribution in [0.2, 0.25) is 0 Å². The van der Waals surface area contributed by atoms with Crippen molar-refractivity contribution in [2.75, 3.05) is 0 Å². The highest BCUT2D eigenvalue weighted by Crippen LogP contribution is 2.22. The lowest BCUT2D eigenvalue weighted by atomic mass is 10.1. The van der Waals surface area contributed by atoms with E-state index >= 15 is 0 Å². The first-order valence-corrected chi connectivity index (χ1v) is 3.50. The molecule has 4 nitrogen and oxygen atoms in total. The van der Waals surface area contributed by atoms with Gasteiger partial charge in [-0.2, -0.15) is 0 Å². The van der Waals surface area contributed by atoms with Crippen molar-refractivity contribution in [1.29, 1.82) is 0 Å². The summed E-state index contributed by atoms with van der Waals surface area (Å²) in [7, 11) is 0. The molecule has 1 saturated heterocycles. The standard InChI is InChI=1S/C7H12O4/c1-4-5(8)11-7(2,3)6(9)10-4/h4-5,8H,1-3H3. The fourth-order valence-electron chi connectivity index (χ4n) is 0.815. The van der Waals surface area contributed by atoms with Crippen LogP contribution in [-0.4, -0.2) is 29.1 Å². The third-order valence-electron chi connectivity index (χ3n) is 1.60. The molecule has 0 spiro atoms. The molecule has 0 radical (unpaired) electrons. The molecule has 1 aliphatic rings. The Morgan fingerprint density at radius 2 is 2.09 bits per heavy atom. The van der Waals surface area contributed by atoms with Gasteiger partial charge in [-0.05, 0) is 20.8 Å². The molecule has 0 bridgehead atoms. The summed E-state index contributed by atoms with van der Waals surface area (Å²) in [6.07, 6.45) is -1.58. The third kappa shape index (κ3) is 1.52. The number of esters is 1. The lowest BCUT2D eigenvalue weighted by Gasteiger charge is -2.35. The maximum absolute atomic E-state index is 11.0. The zero-order valence-corrected chi connectivity index (χ0v) is 6.83. The van der Waals surface area contributed by atoms with Gasteiger partial charge in [0.25, 0.3) is 0 Å². The van der Waals surface area contributed by atoms with Gasteiger partial charge in [0.05, 0.1) is 0 Å². The topological polar surface area (TPSA) is 55.8 Å². The second-order valence-corrected chi connectivity index (χ2v) is 3.13. The number of ether oxygens (including phenoxy) is 2. The second kappa shape index (κ2) is 2.46. The third-order valence-corrected chi connectivity index (χ3v) is 1.60. The highest BCUT2D eigenvalue weighted by atomic mass is 16.7. The quantitative estimate of drug-likeness (QED) is 0.508. The minimum Gasteiger partial charge on any atom is -0.455 e. The zero-order chi connectivity index (χ0) is 8.65. The first-order chi connectivity index (χ1) is 4.93. The van der Waals surface area contributed by atoms with E-state index in [4.69, 9.17) is 14.6 Å². The Balaban J connectivity index is 2.71. The fraction of sp³-hybridized carbons (Fsp3) is 0.857. The smallest absolute Gasteiger partial charge is 0.338 e. The van der Waals surface area contributed by atoms with Crippen molar-refractivity contribution in [3.05, 3.63) is 0 Å². The molecule has 0 saturated carbocycles. The predicted octanol–water partition coefficient (Wildman–Crippen LogP) is 0.0453. The highest BCUT2D eigenvalue weighted by Gasteiger charge is 2.41. The van der Waals surface area contributed by atoms with Gasteiger partial charge in [-0.1, -0.05) is 0 Å². The van der Waals surface area contributed by atoms with Gasteiger partial charge in [-0.25, -0.2) is 4.79 Å². The Bertz CT molecular complexity index is 175. The van der Waals surface area contributed by atoms with Gasteiger partial charge in [-0.3, -0.25) is 0 Å². The molecule has 0 amide bonds. The lowest BCUT2D eigenvalue weighted by molar-refractivity contribution is -0.264. The van der Waals surface area contributed by atoms with Gasteiger partial charge in [-0.15, -0.1) is 0 Å². The molecule has 2 atom stereocenters. The van der Waals surface area contributed by atoms with E-state index < -0.39 is 24.0 Å². The van der Waals surface area contributed by atoms with Crippen molar-refractivity contribution in [3.63, 3.8) is 0 Å². The van der Waals surface area contributed by atoms with Crippen molar-refractivity contribution in [1.82, 2.24) is 0 Å². The maximum atomic E-state index is 11.0. The van der Waals surface area contributed by atoms with Crippen LogP contribution in [0.4, 0.5) is 0 Å². The Morgan fingerprint density at radius 3 is 2.55 bits per heavy atom. The monoisotopic (exact) mass is 160 g/mol. The average Bonchev–Trinajstić information content (AvgIpc) is 1.83. The normalized spacial score (nSPS) is 36.5. The van der Waals surface area contributed by atoms with E-state index in [1.54, 1.807) is 20.8 Å². The van der Waals surface area contributed by atoms with Gasteiger partial charge in [0.1, 0.15) is 6.10 Å². The van der Waals surface area contributed by atoms with Crippen LogP contribution in [-0.2, 0) is 14.3 Å². The van der Waals surface area contributed by atoms with Crippen LogP contribution >= 0.6 is 0 Å². The number of rotatable bonds is 0. The molecule has 1 N–H and O–H groups in total. The molecule has 1 heterocycles. The van der Waals surface area contributed by atoms with Gasteiger partial charge in [0.2, 0.25) is 0 Å². The number of hydrogen-bond acceptors (Lipinski definition) is 4. The van der Waals surface area contributed by atoms with Gasteiger partial charge in [0, 0.05) is 0 Å². The van der Waals surface area contributed by atoms with Crippen molar-refractivity contribution >= 4 is 5.97 Å². The minimum atomic E-state index is -1.02. The van der Waals surface area contributed by atoms with E-state index in [1.165, 1.54) is 0 Å². The average molecular weight is 160 g/mol. The number of cyclic esters (lactones) is 1. The first-order valence-electron chi connectivity index (χ1n) is 3.50. The van der Waals surface area contributed by atoms with E-state index in [2.05, 4.69) is 0 Å². The summed E-state index contributed by atoms with van der Waals surface area (Å²) >= 11 is 0. The van der Waals surface area contributed by atoms with Crippen molar-refractivity contribution < 1.29 is 19.4 Å². The zero-order valence-electron chi connectivity index (χ0n) is 6.83. The van der Waals surface area contributed by atoms with E-state index in [9.17, 15) is 4.79 Å². The Labute approximate surface area is 65.1 Å². The minimum absolute atomic E-state index is 0.435. The Morgan fingerprint density at radius 1 is 1.55 bits per heavy atom. The molecular weight excluding hydrogens is 148 g/mol. The fourth-order valence-corrected chi connectivity index (χ4v) is 0.815. The van der Waals surface area contributed by atoms with Gasteiger partial charge < -0.3 is 14.6 Å². The lowest BCUT2D eigenvalue weighted by Crippen LogP contribution is -2.51. The van der Waals surface area contributed by atoms with Crippen LogP contribution in [0.1, 0.15) is 20.8 Å². The molecule has 4 heteroatoms. The van der Waals surface area contributed by atoms with Crippen LogP contribution < -0.4 is 0 Å². The largest absolute Gasteiger partial charge is 0.455 e. The number of carbonyl (C=O) groups is 1. The molecule has 1 fully saturated rings. The summed E-state index contributed by atoms with van der Waals surface area (Å²) in [5.74, 6) is -0.435. The van der Waals surface area contributed by atoms with E-state index in [0.29, 0.717) is 0 Å². The predicted molar refractivity (Wildman–Crippen MR) is 36.7 cm³/mol. The van der Waals surface area contributed by atoms with Crippen molar-refractivity contribution in [2.45, 2.75) is 38.8 Å². The molecule has 11 heavy (non-hydrogen) atoms. The summed E-state index contributed by atoms with van der Waals surface area (Å²) in [4.78, 5) is 11.0. The number of carbonyl (C=O) groups excluding carboxylic acids is 1. The van der Waals surface area contributed by atoms with E-state index in [-0.39, 0.29) is 0 Å². The van der Waals surface area contributed by atoms with Crippen LogP contribution in [0, 0.1) is 0 Å². The van der Waals surface area contributed by atoms with Gasteiger partial charge in [0.15, 0.2) is 11.9 Å². The SMILES string of the molecule is CC1OC(=O)C(C)(C)OC1O. The molecule has 64 valence electrons. The summed E-state index contributed by atoms with van der Waals surface area (Å²) in [5, 5.41) is 9.13. The van der Waals surface area contributed by atoms with E-state index in [1.807, 2.05) is 0 Å². The summed E-state index contributed by atoms with van der Waals surface area (Å²) in [5.41, 5.74) is -1.02. The number of aliphatic hydroxyl groups excluding tert-OH is 1. The number of aliphatic hydroxyl groups is 1. The number of hydrogen-bond donors (Lipinski definition) is 1. The Hall–Kier alpha value is -0.610. The Kier molecular flexibility index (Phi) is 1.90. The molecule has 0 aliphatic carbocycles. The van der Waals surface area contributed by atoms with Crippen LogP contribution in [0.3, 0.4) is 0 Å². The van der Waals surface area contributed by atoms with Gasteiger partial charge >= 0.3 is 5.97 Å². The summed E-state index contributed by atoms with van der Waals surface area (Å²) in [6.45, 7) is 4.70. The van der Waals surface area contributed by atoms with Crippen molar-refractivity contribution in [2.24, 2.45) is 0 Å². The van der Waals surface area contributed by atoms with Crippen LogP contribution in [0.25, 0.3) is 0 Å². The molecule has 0 aromatic heterocycles. The molecule has 1 rings (SSSR count). The molecule has 1 aliphatic heterocycles. The molecule has 0 aromatic carbocycles. The second-order valence-electron chi connectivity index (χ2n) is 3.13. The van der Waals surface area contributed by atoms with Crippen LogP contribution in [0.15, 0.2) is 0 Å². The molecule has 2 unspecified atom stereocenters. The summed E-state index contributed by atoms with van der Waals surface area (Å²) < 4.78 is 9.78. The summed E-state index contributed by atoms with van der Waals surface area (Å²) in [6, 6.07) is 0.